The zero-order chi connectivity index (χ0) is 10.8. The van der Waals surface area contributed by atoms with E-state index < -0.39 is 5.82 Å². The van der Waals surface area contributed by atoms with Crippen LogP contribution in [0.15, 0.2) is 30.5 Å². The molecule has 3 nitrogen and oxygen atoms in total. The summed E-state index contributed by atoms with van der Waals surface area (Å²) in [7, 11) is 0. The summed E-state index contributed by atoms with van der Waals surface area (Å²) in [5.41, 5.74) is 0.795. The van der Waals surface area contributed by atoms with Gasteiger partial charge >= 0.3 is 0 Å². The third-order valence-corrected chi connectivity index (χ3v) is 2.20. The van der Waals surface area contributed by atoms with Gasteiger partial charge in [-0.05, 0) is 24.3 Å². The van der Waals surface area contributed by atoms with E-state index in [1.54, 1.807) is 18.3 Å². The maximum absolute atomic E-state index is 13.4. The molecule has 78 valence electrons. The quantitative estimate of drug-likeness (QED) is 0.852. The van der Waals surface area contributed by atoms with Gasteiger partial charge in [-0.15, -0.1) is 0 Å². The average molecular weight is 227 g/mol. The first kappa shape index (κ1) is 10.1. The minimum atomic E-state index is -0.449. The first-order valence-electron chi connectivity index (χ1n) is 4.31. The number of nitrogens with zero attached hydrogens (tertiary/aromatic N) is 2. The Balaban J connectivity index is 2.44. The van der Waals surface area contributed by atoms with E-state index in [2.05, 4.69) is 5.10 Å². The molecule has 1 aromatic carbocycles. The predicted octanol–water partition coefficient (Wildman–Crippen LogP) is 2.16. The lowest BCUT2D eigenvalue weighted by atomic mass is 10.3. The van der Waals surface area contributed by atoms with Crippen molar-refractivity contribution in [3.05, 3.63) is 47.0 Å². The van der Waals surface area contributed by atoms with Crippen LogP contribution in [0.4, 0.5) is 4.39 Å². The Kier molecular flexibility index (Phi) is 2.70. The molecule has 1 heterocycles. The molecule has 0 amide bonds. The molecule has 0 unspecified atom stereocenters. The summed E-state index contributed by atoms with van der Waals surface area (Å²) in [6, 6.07) is 5.96. The van der Waals surface area contributed by atoms with Gasteiger partial charge in [0.2, 0.25) is 0 Å². The van der Waals surface area contributed by atoms with Crippen LogP contribution in [0.5, 0.6) is 0 Å². The summed E-state index contributed by atoms with van der Waals surface area (Å²) in [6.07, 6.45) is 1.58. The van der Waals surface area contributed by atoms with Crippen LogP contribution in [-0.2, 0) is 6.61 Å². The molecule has 2 rings (SSSR count). The van der Waals surface area contributed by atoms with Gasteiger partial charge in [0.1, 0.15) is 11.5 Å². The molecule has 0 radical (unpaired) electrons. The van der Waals surface area contributed by atoms with Crippen LogP contribution in [0.1, 0.15) is 5.69 Å². The summed E-state index contributed by atoms with van der Waals surface area (Å²) in [5, 5.41) is 13.1. The number of aliphatic hydroxyl groups is 1. The van der Waals surface area contributed by atoms with E-state index in [0.717, 1.165) is 0 Å². The molecular weight excluding hydrogens is 219 g/mol. The Morgan fingerprint density at radius 1 is 1.40 bits per heavy atom. The van der Waals surface area contributed by atoms with Crippen LogP contribution in [0, 0.1) is 5.82 Å². The first-order chi connectivity index (χ1) is 7.20. The summed E-state index contributed by atoms with van der Waals surface area (Å²) < 4.78 is 14.8. The Hall–Kier alpha value is -1.39. The molecule has 5 heteroatoms. The Morgan fingerprint density at radius 2 is 2.20 bits per heavy atom. The topological polar surface area (TPSA) is 38.0 Å². The molecule has 15 heavy (non-hydrogen) atoms. The average Bonchev–Trinajstić information content (AvgIpc) is 2.66. The van der Waals surface area contributed by atoms with E-state index in [1.807, 2.05) is 0 Å². The Morgan fingerprint density at radius 3 is 2.80 bits per heavy atom. The van der Waals surface area contributed by atoms with Crippen LogP contribution in [-0.4, -0.2) is 14.9 Å². The molecular formula is C10H8ClFN2O. The largest absolute Gasteiger partial charge is 0.390 e. The first-order valence-corrected chi connectivity index (χ1v) is 4.69. The highest BCUT2D eigenvalue weighted by atomic mass is 35.5. The minimum Gasteiger partial charge on any atom is -0.390 e. The Labute approximate surface area is 90.7 Å². The van der Waals surface area contributed by atoms with Gasteiger partial charge < -0.3 is 5.11 Å². The van der Waals surface area contributed by atoms with Gasteiger partial charge in [-0.1, -0.05) is 11.6 Å². The lowest BCUT2D eigenvalue weighted by Gasteiger charge is -2.02. The SMILES string of the molecule is OCc1ccn(-c2ccc(Cl)cc2F)n1. The third kappa shape index (κ3) is 2.00. The van der Waals surface area contributed by atoms with Crippen LogP contribution < -0.4 is 0 Å². The maximum Gasteiger partial charge on any atom is 0.150 e. The number of halogens is 2. The van der Waals surface area contributed by atoms with Crippen molar-refractivity contribution in [2.45, 2.75) is 6.61 Å². The number of rotatable bonds is 2. The van der Waals surface area contributed by atoms with Crippen LogP contribution >= 0.6 is 11.6 Å². The van der Waals surface area contributed by atoms with Gasteiger partial charge in [-0.3, -0.25) is 0 Å². The van der Waals surface area contributed by atoms with Crippen molar-refractivity contribution >= 4 is 11.6 Å². The van der Waals surface area contributed by atoms with Crippen molar-refractivity contribution in [3.8, 4) is 5.69 Å². The van der Waals surface area contributed by atoms with E-state index in [1.165, 1.54) is 16.8 Å². The van der Waals surface area contributed by atoms with Gasteiger partial charge in [0.25, 0.3) is 0 Å². The minimum absolute atomic E-state index is 0.164. The number of hydrogen-bond donors (Lipinski definition) is 1. The standard InChI is InChI=1S/C10H8ClFN2O/c11-7-1-2-10(9(12)5-7)14-4-3-8(6-15)13-14/h1-5,15H,6H2. The van der Waals surface area contributed by atoms with Crippen LogP contribution in [0.25, 0.3) is 5.69 Å². The molecule has 0 saturated heterocycles. The molecule has 1 aromatic heterocycles. The second-order valence-electron chi connectivity index (χ2n) is 3.01. The van der Waals surface area contributed by atoms with Crippen LogP contribution in [0.2, 0.25) is 5.02 Å². The zero-order valence-electron chi connectivity index (χ0n) is 7.69. The summed E-state index contributed by atoms with van der Waals surface area (Å²) in [4.78, 5) is 0. The van der Waals surface area contributed by atoms with Gasteiger partial charge in [-0.25, -0.2) is 9.07 Å². The fourth-order valence-corrected chi connectivity index (χ4v) is 1.41. The van der Waals surface area contributed by atoms with Crippen molar-refractivity contribution in [2.24, 2.45) is 0 Å². The highest BCUT2D eigenvalue weighted by Crippen LogP contribution is 2.17. The van der Waals surface area contributed by atoms with E-state index in [4.69, 9.17) is 16.7 Å². The van der Waals surface area contributed by atoms with Gasteiger partial charge in [0.05, 0.1) is 12.3 Å². The van der Waals surface area contributed by atoms with Gasteiger partial charge in [0.15, 0.2) is 0 Å². The zero-order valence-corrected chi connectivity index (χ0v) is 8.45. The fourth-order valence-electron chi connectivity index (χ4n) is 1.25. The summed E-state index contributed by atoms with van der Waals surface area (Å²) in [5.74, 6) is -0.449. The van der Waals surface area contributed by atoms with E-state index in [-0.39, 0.29) is 6.61 Å². The monoisotopic (exact) mass is 226 g/mol. The number of hydrogen-bond acceptors (Lipinski definition) is 2. The van der Waals surface area contributed by atoms with Crippen molar-refractivity contribution in [1.82, 2.24) is 9.78 Å². The fraction of sp³-hybridized carbons (Fsp3) is 0.100. The molecule has 0 atom stereocenters. The molecule has 0 saturated carbocycles. The smallest absolute Gasteiger partial charge is 0.150 e. The lowest BCUT2D eigenvalue weighted by Crippen LogP contribution is -1.99. The van der Waals surface area contributed by atoms with E-state index >= 15 is 0 Å². The molecule has 0 spiro atoms. The predicted molar refractivity (Wildman–Crippen MR) is 54.5 cm³/mol. The highest BCUT2D eigenvalue weighted by molar-refractivity contribution is 6.30. The molecule has 0 aliphatic carbocycles. The molecule has 0 bridgehead atoms. The number of aromatic nitrogens is 2. The molecule has 0 aliphatic heterocycles. The van der Waals surface area contributed by atoms with Gasteiger partial charge in [0, 0.05) is 11.2 Å². The van der Waals surface area contributed by atoms with E-state index in [9.17, 15) is 4.39 Å². The summed E-state index contributed by atoms with van der Waals surface area (Å²) in [6.45, 7) is -0.164. The molecule has 0 fully saturated rings. The maximum atomic E-state index is 13.4. The van der Waals surface area contributed by atoms with Crippen LogP contribution in [0.3, 0.4) is 0 Å². The Bertz CT molecular complexity index is 484. The van der Waals surface area contributed by atoms with Crippen molar-refractivity contribution in [1.29, 1.82) is 0 Å². The lowest BCUT2D eigenvalue weighted by molar-refractivity contribution is 0.276. The van der Waals surface area contributed by atoms with Gasteiger partial charge in [-0.2, -0.15) is 5.10 Å². The third-order valence-electron chi connectivity index (χ3n) is 1.96. The molecule has 1 N–H and O–H groups in total. The summed E-state index contributed by atoms with van der Waals surface area (Å²) >= 11 is 5.63. The van der Waals surface area contributed by atoms with Crippen molar-refractivity contribution in [3.63, 3.8) is 0 Å². The second kappa shape index (κ2) is 4.00. The number of aliphatic hydroxyl groups excluding tert-OH is 1. The van der Waals surface area contributed by atoms with Crippen molar-refractivity contribution in [2.75, 3.05) is 0 Å². The van der Waals surface area contributed by atoms with Crippen molar-refractivity contribution < 1.29 is 9.50 Å². The molecule has 2 aromatic rings. The normalized spacial score (nSPS) is 10.6. The van der Waals surface area contributed by atoms with E-state index in [0.29, 0.717) is 16.4 Å². The number of benzene rings is 1. The highest BCUT2D eigenvalue weighted by Gasteiger charge is 2.06. The second-order valence-corrected chi connectivity index (χ2v) is 3.44. The molecule has 0 aliphatic rings.